The van der Waals surface area contributed by atoms with Crippen molar-refractivity contribution in [3.05, 3.63) is 101 Å². The second-order valence-corrected chi connectivity index (χ2v) is 13.8. The van der Waals surface area contributed by atoms with Crippen molar-refractivity contribution in [3.63, 3.8) is 0 Å². The second kappa shape index (κ2) is 16.8. The lowest BCUT2D eigenvalue weighted by atomic mass is 9.91. The molecule has 2 heterocycles. The normalized spacial score (nSPS) is 18.0. The van der Waals surface area contributed by atoms with E-state index in [0.29, 0.717) is 43.1 Å². The maximum Gasteiger partial charge on any atom is 0.430 e. The van der Waals surface area contributed by atoms with Crippen molar-refractivity contribution in [2.24, 2.45) is 5.92 Å². The summed E-state index contributed by atoms with van der Waals surface area (Å²) in [6.45, 7) is 2.44. The number of rotatable bonds is 6. The quantitative estimate of drug-likeness (QED) is 0.161. The van der Waals surface area contributed by atoms with Gasteiger partial charge in [0, 0.05) is 37.3 Å². The van der Waals surface area contributed by atoms with E-state index >= 15 is 0 Å². The zero-order chi connectivity index (χ0) is 38.2. The highest BCUT2D eigenvalue weighted by Gasteiger charge is 2.73. The molecular weight excluding hydrogens is 723 g/mol. The van der Waals surface area contributed by atoms with Gasteiger partial charge >= 0.3 is 18.4 Å². The molecular formula is C33H33F9N2O6S. The summed E-state index contributed by atoms with van der Waals surface area (Å²) in [7, 11) is -3.54. The van der Waals surface area contributed by atoms with E-state index in [2.05, 4.69) is 11.7 Å². The number of carbonyl (C=O) groups is 2. The number of carboxylic acid groups (broad SMARTS) is 1. The number of halogens is 9. The van der Waals surface area contributed by atoms with Crippen LogP contribution in [-0.2, 0) is 31.6 Å². The summed E-state index contributed by atoms with van der Waals surface area (Å²) in [6.07, 6.45) is -10.4. The van der Waals surface area contributed by atoms with E-state index in [4.69, 9.17) is 9.90 Å². The zero-order valence-electron chi connectivity index (χ0n) is 26.8. The molecule has 2 unspecified atom stereocenters. The first-order chi connectivity index (χ1) is 23.8. The van der Waals surface area contributed by atoms with Crippen molar-refractivity contribution in [2.45, 2.75) is 54.5 Å². The first-order valence-electron chi connectivity index (χ1n) is 15.2. The fourth-order valence-corrected chi connectivity index (χ4v) is 7.23. The minimum absolute atomic E-state index is 0.0637. The van der Waals surface area contributed by atoms with Crippen molar-refractivity contribution in [2.75, 3.05) is 26.2 Å². The van der Waals surface area contributed by atoms with Gasteiger partial charge in [-0.25, -0.2) is 26.4 Å². The Hall–Kier alpha value is -4.32. The number of hydrogen-bond acceptors (Lipinski definition) is 5. The molecule has 2 fully saturated rings. The molecule has 51 heavy (non-hydrogen) atoms. The van der Waals surface area contributed by atoms with Crippen LogP contribution in [0.1, 0.15) is 30.9 Å². The third kappa shape index (κ3) is 9.52. The zero-order valence-corrected chi connectivity index (χ0v) is 27.6. The van der Waals surface area contributed by atoms with Gasteiger partial charge in [-0.1, -0.05) is 43.3 Å². The number of ether oxygens (including phenoxy) is 1. The average molecular weight is 757 g/mol. The van der Waals surface area contributed by atoms with E-state index in [0.717, 1.165) is 49.8 Å². The Bertz CT molecular complexity index is 1690. The van der Waals surface area contributed by atoms with Crippen LogP contribution >= 0.6 is 0 Å². The molecule has 0 aromatic heterocycles. The van der Waals surface area contributed by atoms with Crippen LogP contribution in [0.5, 0.6) is 0 Å². The Labute approximate surface area is 287 Å². The van der Waals surface area contributed by atoms with E-state index in [1.54, 1.807) is 9.80 Å². The van der Waals surface area contributed by atoms with E-state index in [9.17, 15) is 52.7 Å². The lowest BCUT2D eigenvalue weighted by Crippen LogP contribution is -2.55. The van der Waals surface area contributed by atoms with Gasteiger partial charge in [0.05, 0.1) is 16.8 Å². The average Bonchev–Trinajstić information content (AvgIpc) is 3.73. The van der Waals surface area contributed by atoms with Gasteiger partial charge in [0.25, 0.3) is 12.1 Å². The molecule has 280 valence electrons. The van der Waals surface area contributed by atoms with Crippen LogP contribution in [0.3, 0.4) is 0 Å². The van der Waals surface area contributed by atoms with Gasteiger partial charge in [-0.2, -0.15) is 26.3 Å². The highest BCUT2D eigenvalue weighted by molar-refractivity contribution is 7.92. The lowest BCUT2D eigenvalue weighted by Gasteiger charge is -2.37. The molecule has 3 aromatic carbocycles. The molecule has 3 aromatic rings. The monoisotopic (exact) mass is 756 g/mol. The Morgan fingerprint density at radius 1 is 0.824 bits per heavy atom. The third-order valence-corrected chi connectivity index (χ3v) is 10.4. The molecule has 2 aliphatic rings. The van der Waals surface area contributed by atoms with E-state index in [-0.39, 0.29) is 23.9 Å². The molecule has 0 spiro atoms. The van der Waals surface area contributed by atoms with Crippen LogP contribution in [0, 0.1) is 23.4 Å². The van der Waals surface area contributed by atoms with Crippen LogP contribution in [-0.4, -0.2) is 79.6 Å². The van der Waals surface area contributed by atoms with E-state index < -0.39 is 68.2 Å². The molecule has 18 heteroatoms. The Kier molecular flexibility index (Phi) is 13.5. The fraction of sp³-hybridized carbons (Fsp3) is 0.394. The number of sulfone groups is 1. The van der Waals surface area contributed by atoms with Gasteiger partial charge in [-0.05, 0) is 55.2 Å². The van der Waals surface area contributed by atoms with Crippen LogP contribution in [0.25, 0.3) is 0 Å². The summed E-state index contributed by atoms with van der Waals surface area (Å²) >= 11 is 0. The van der Waals surface area contributed by atoms with Gasteiger partial charge in [0.1, 0.15) is 17.5 Å². The summed E-state index contributed by atoms with van der Waals surface area (Å²) in [4.78, 5) is 24.4. The minimum Gasteiger partial charge on any atom is -0.483 e. The number of benzene rings is 3. The van der Waals surface area contributed by atoms with E-state index in [1.807, 2.05) is 0 Å². The summed E-state index contributed by atoms with van der Waals surface area (Å²) in [5.74, 6) is -2.59. The number of urea groups is 1. The van der Waals surface area contributed by atoms with Crippen LogP contribution in [0.2, 0.25) is 0 Å². The largest absolute Gasteiger partial charge is 0.483 e. The van der Waals surface area contributed by atoms with Crippen LogP contribution < -0.4 is 0 Å². The molecule has 0 radical (unpaired) electrons. The minimum atomic E-state index is -5.92. The Balaban J connectivity index is 0.000000256. The predicted molar refractivity (Wildman–Crippen MR) is 164 cm³/mol. The number of amides is 2. The fourth-order valence-electron chi connectivity index (χ4n) is 5.54. The summed E-state index contributed by atoms with van der Waals surface area (Å²) in [6, 6.07) is 11.5. The summed E-state index contributed by atoms with van der Waals surface area (Å²) < 4.78 is 150. The Morgan fingerprint density at radius 3 is 1.82 bits per heavy atom. The number of nitrogens with zero attached hydrogens (tertiary/aromatic N) is 2. The van der Waals surface area contributed by atoms with Crippen molar-refractivity contribution < 1.29 is 67.4 Å². The summed E-state index contributed by atoms with van der Waals surface area (Å²) in [5, 5.41) is 6.27. The lowest BCUT2D eigenvalue weighted by molar-refractivity contribution is -0.392. The molecule has 8 nitrogen and oxygen atoms in total. The molecule has 2 atom stereocenters. The SMILES string of the molecule is CC1CCN(C(=O)N2CCC(S(=O)(=O)c3ccc(F)cc3)C2)C1.Fc1cccc(F)c1COC(c1ccccc1)(C(F)(F)F)C(F)(F)F.O=CO. The standard InChI is InChI=1S/C16H10F8O.C16H21FN2O3S.CH2O2/c17-12-7-4-8-13(18)11(12)9-25-14(15(19,20)21,16(22,23)24)10-5-2-1-3-6-10;1-12-6-8-18(10-12)16(20)19-9-7-15(11-19)23(21,22)14-4-2-13(17)3-5-14;2-1-3/h1-8H,9H2;2-5,12,15H,6-11H2,1H3;1H,(H,2,3). The van der Waals surface area contributed by atoms with Crippen molar-refractivity contribution in [1.82, 2.24) is 9.80 Å². The molecule has 2 amide bonds. The highest BCUT2D eigenvalue weighted by atomic mass is 32.2. The second-order valence-electron chi connectivity index (χ2n) is 11.6. The molecule has 0 bridgehead atoms. The maximum absolute atomic E-state index is 13.5. The summed E-state index contributed by atoms with van der Waals surface area (Å²) in [5.41, 5.74) is -7.00. The van der Waals surface area contributed by atoms with Crippen LogP contribution in [0.15, 0.2) is 77.7 Å². The van der Waals surface area contributed by atoms with Crippen molar-refractivity contribution in [1.29, 1.82) is 0 Å². The number of hydrogen-bond donors (Lipinski definition) is 1. The van der Waals surface area contributed by atoms with Gasteiger partial charge < -0.3 is 19.6 Å². The first kappa shape index (κ1) is 41.1. The number of alkyl halides is 6. The Morgan fingerprint density at radius 2 is 1.33 bits per heavy atom. The van der Waals surface area contributed by atoms with Gasteiger partial charge in [0.2, 0.25) is 0 Å². The third-order valence-electron chi connectivity index (χ3n) is 8.16. The molecule has 5 rings (SSSR count). The molecule has 1 N–H and O–H groups in total. The first-order valence-corrected chi connectivity index (χ1v) is 16.7. The molecule has 2 aliphatic heterocycles. The van der Waals surface area contributed by atoms with Crippen molar-refractivity contribution in [3.8, 4) is 0 Å². The topological polar surface area (TPSA) is 104 Å². The maximum atomic E-state index is 13.5. The highest BCUT2D eigenvalue weighted by Crippen LogP contribution is 2.53. The van der Waals surface area contributed by atoms with Crippen molar-refractivity contribution >= 4 is 22.3 Å². The smallest absolute Gasteiger partial charge is 0.430 e. The van der Waals surface area contributed by atoms with Gasteiger partial charge in [-0.3, -0.25) is 4.79 Å². The molecule has 0 saturated carbocycles. The molecule has 0 aliphatic carbocycles. The van der Waals surface area contributed by atoms with E-state index in [1.165, 1.54) is 18.2 Å². The van der Waals surface area contributed by atoms with Gasteiger partial charge in [-0.15, -0.1) is 0 Å². The predicted octanol–water partition coefficient (Wildman–Crippen LogP) is 7.34. The molecule has 2 saturated heterocycles. The number of likely N-dealkylation sites (tertiary alicyclic amines) is 2. The van der Waals surface area contributed by atoms with Gasteiger partial charge in [0.15, 0.2) is 9.84 Å². The number of carbonyl (C=O) groups excluding carboxylic acids is 1. The van der Waals surface area contributed by atoms with Crippen LogP contribution in [0.4, 0.5) is 44.3 Å².